The van der Waals surface area contributed by atoms with E-state index >= 15 is 0 Å². The number of nitrogens with zero attached hydrogens (tertiary/aromatic N) is 2. The van der Waals surface area contributed by atoms with Gasteiger partial charge in [-0.3, -0.25) is 9.59 Å². The van der Waals surface area contributed by atoms with Gasteiger partial charge in [0.2, 0.25) is 11.8 Å². The Bertz CT molecular complexity index is 587. The Morgan fingerprint density at radius 2 is 1.92 bits per heavy atom. The molecule has 1 aliphatic heterocycles. The first-order chi connectivity index (χ1) is 11.8. The van der Waals surface area contributed by atoms with Crippen molar-refractivity contribution >= 4 is 11.8 Å². The van der Waals surface area contributed by atoms with Gasteiger partial charge in [-0.25, -0.2) is 4.98 Å². The molecule has 0 radical (unpaired) electrons. The molecule has 7 nitrogen and oxygen atoms in total. The highest BCUT2D eigenvalue weighted by Crippen LogP contribution is 2.19. The number of carbonyl (C=O) groups excluding carboxylic acids is 2. The molecule has 138 valence electrons. The molecule has 0 spiro atoms. The van der Waals surface area contributed by atoms with Crippen LogP contribution in [0.15, 0.2) is 18.3 Å². The Kier molecular flexibility index (Phi) is 6.36. The van der Waals surface area contributed by atoms with Crippen LogP contribution in [0.1, 0.15) is 44.0 Å². The van der Waals surface area contributed by atoms with Gasteiger partial charge in [0.05, 0.1) is 17.8 Å². The van der Waals surface area contributed by atoms with Gasteiger partial charge >= 0.3 is 0 Å². The van der Waals surface area contributed by atoms with Crippen LogP contribution >= 0.6 is 0 Å². The Balaban J connectivity index is 1.81. The van der Waals surface area contributed by atoms with Crippen LogP contribution in [0.4, 0.5) is 0 Å². The van der Waals surface area contributed by atoms with Crippen molar-refractivity contribution in [2.24, 2.45) is 11.7 Å². The normalized spacial score (nSPS) is 15.9. The molecule has 2 N–H and O–H groups in total. The predicted octanol–water partition coefficient (Wildman–Crippen LogP) is 1.61. The van der Waals surface area contributed by atoms with E-state index in [0.717, 1.165) is 0 Å². The number of amides is 2. The van der Waals surface area contributed by atoms with E-state index in [1.54, 1.807) is 17.0 Å². The summed E-state index contributed by atoms with van der Waals surface area (Å²) in [5.74, 6) is -0.0430. The molecule has 7 heteroatoms. The van der Waals surface area contributed by atoms with Crippen LogP contribution in [-0.4, -0.2) is 53.6 Å². The smallest absolute Gasteiger partial charge is 0.255 e. The summed E-state index contributed by atoms with van der Waals surface area (Å²) in [5, 5.41) is 0. The Labute approximate surface area is 148 Å². The minimum atomic E-state index is -0.286. The number of ether oxygens (including phenoxy) is 2. The fourth-order valence-corrected chi connectivity index (χ4v) is 2.64. The number of nitrogens with two attached hydrogens (primary N) is 1. The van der Waals surface area contributed by atoms with Crippen molar-refractivity contribution in [1.29, 1.82) is 0 Å². The van der Waals surface area contributed by atoms with E-state index in [-0.39, 0.29) is 23.3 Å². The Hall–Kier alpha value is -2.15. The minimum Gasteiger partial charge on any atom is -0.475 e. The molecule has 1 aliphatic rings. The fraction of sp³-hybridized carbons (Fsp3) is 0.611. The van der Waals surface area contributed by atoms with Crippen LogP contribution in [0.3, 0.4) is 0 Å². The lowest BCUT2D eigenvalue weighted by molar-refractivity contribution is -0.123. The largest absolute Gasteiger partial charge is 0.475 e. The van der Waals surface area contributed by atoms with Crippen LogP contribution < -0.4 is 10.5 Å². The molecule has 0 saturated carbocycles. The van der Waals surface area contributed by atoms with Gasteiger partial charge in [0.15, 0.2) is 0 Å². The summed E-state index contributed by atoms with van der Waals surface area (Å²) in [7, 11) is 0. The van der Waals surface area contributed by atoms with Gasteiger partial charge in [0.25, 0.3) is 5.91 Å². The number of aromatic nitrogens is 1. The fourth-order valence-electron chi connectivity index (χ4n) is 2.64. The number of primary amides is 1. The molecular formula is C18H27N3O4. The van der Waals surface area contributed by atoms with Gasteiger partial charge in [0.1, 0.15) is 6.61 Å². The van der Waals surface area contributed by atoms with Gasteiger partial charge in [-0.15, -0.1) is 0 Å². The topological polar surface area (TPSA) is 94.8 Å². The lowest BCUT2D eigenvalue weighted by atomic mass is 9.96. The Morgan fingerprint density at radius 3 is 2.44 bits per heavy atom. The molecule has 1 fully saturated rings. The summed E-state index contributed by atoms with van der Waals surface area (Å²) >= 11 is 0. The molecule has 0 bridgehead atoms. The summed E-state index contributed by atoms with van der Waals surface area (Å²) in [6, 6.07) is 3.38. The average molecular weight is 349 g/mol. The van der Waals surface area contributed by atoms with Crippen molar-refractivity contribution in [3.05, 3.63) is 23.9 Å². The SMILES string of the molecule is CC(C)(C)OCCOc1ccc(C(=O)N2CCC(C(N)=O)CC2)cn1. The molecule has 0 unspecified atom stereocenters. The van der Waals surface area contributed by atoms with Crippen LogP contribution in [0, 0.1) is 5.92 Å². The summed E-state index contributed by atoms with van der Waals surface area (Å²) in [4.78, 5) is 29.6. The summed E-state index contributed by atoms with van der Waals surface area (Å²) in [5.41, 5.74) is 5.63. The maximum absolute atomic E-state index is 12.5. The third-order valence-corrected chi connectivity index (χ3v) is 4.04. The van der Waals surface area contributed by atoms with E-state index in [0.29, 0.717) is 50.6 Å². The molecule has 0 atom stereocenters. The zero-order valence-electron chi connectivity index (χ0n) is 15.2. The van der Waals surface area contributed by atoms with Crippen molar-refractivity contribution in [2.75, 3.05) is 26.3 Å². The summed E-state index contributed by atoms with van der Waals surface area (Å²) in [6.45, 7) is 7.90. The van der Waals surface area contributed by atoms with E-state index in [1.807, 2.05) is 20.8 Å². The van der Waals surface area contributed by atoms with Gasteiger partial charge in [-0.1, -0.05) is 0 Å². The summed E-state index contributed by atoms with van der Waals surface area (Å²) in [6.07, 6.45) is 2.75. The number of hydrogen-bond donors (Lipinski definition) is 1. The molecule has 2 amide bonds. The van der Waals surface area contributed by atoms with Crippen molar-refractivity contribution in [2.45, 2.75) is 39.2 Å². The van der Waals surface area contributed by atoms with E-state index in [1.165, 1.54) is 6.20 Å². The summed E-state index contributed by atoms with van der Waals surface area (Å²) < 4.78 is 11.1. The minimum absolute atomic E-state index is 0.0852. The number of hydrogen-bond acceptors (Lipinski definition) is 5. The molecule has 1 aromatic heterocycles. The van der Waals surface area contributed by atoms with Crippen molar-refractivity contribution in [3.63, 3.8) is 0 Å². The van der Waals surface area contributed by atoms with E-state index in [4.69, 9.17) is 15.2 Å². The van der Waals surface area contributed by atoms with Gasteiger partial charge in [-0.05, 0) is 39.7 Å². The molecule has 1 aromatic rings. The molecule has 2 heterocycles. The quantitative estimate of drug-likeness (QED) is 0.787. The van der Waals surface area contributed by atoms with E-state index in [9.17, 15) is 9.59 Å². The molecule has 1 saturated heterocycles. The third kappa shape index (κ3) is 6.01. The predicted molar refractivity (Wildman–Crippen MR) is 93.3 cm³/mol. The van der Waals surface area contributed by atoms with E-state index < -0.39 is 0 Å². The number of carbonyl (C=O) groups is 2. The third-order valence-electron chi connectivity index (χ3n) is 4.04. The highest BCUT2D eigenvalue weighted by Gasteiger charge is 2.26. The second-order valence-electron chi connectivity index (χ2n) is 7.16. The first-order valence-electron chi connectivity index (χ1n) is 8.57. The number of piperidine rings is 1. The van der Waals surface area contributed by atoms with Crippen LogP contribution in [0.25, 0.3) is 0 Å². The van der Waals surface area contributed by atoms with Crippen LogP contribution in [0.2, 0.25) is 0 Å². The maximum Gasteiger partial charge on any atom is 0.255 e. The lowest BCUT2D eigenvalue weighted by Crippen LogP contribution is -2.41. The molecule has 0 aromatic carbocycles. The first-order valence-corrected chi connectivity index (χ1v) is 8.57. The zero-order valence-corrected chi connectivity index (χ0v) is 15.2. The standard InChI is InChI=1S/C18H27N3O4/c1-18(2,3)25-11-10-24-15-5-4-14(12-20-15)17(23)21-8-6-13(7-9-21)16(19)22/h4-5,12-13H,6-11H2,1-3H3,(H2,19,22). The molecule has 0 aliphatic carbocycles. The van der Waals surface area contributed by atoms with Crippen molar-refractivity contribution in [1.82, 2.24) is 9.88 Å². The first kappa shape index (κ1) is 19.2. The highest BCUT2D eigenvalue weighted by atomic mass is 16.5. The molecule has 25 heavy (non-hydrogen) atoms. The van der Waals surface area contributed by atoms with Crippen LogP contribution in [-0.2, 0) is 9.53 Å². The van der Waals surface area contributed by atoms with Gasteiger partial charge in [-0.2, -0.15) is 0 Å². The number of rotatable bonds is 6. The molecular weight excluding hydrogens is 322 g/mol. The van der Waals surface area contributed by atoms with Crippen LogP contribution in [0.5, 0.6) is 5.88 Å². The second-order valence-corrected chi connectivity index (χ2v) is 7.16. The van der Waals surface area contributed by atoms with Gasteiger partial charge < -0.3 is 20.1 Å². The maximum atomic E-state index is 12.5. The highest BCUT2D eigenvalue weighted by molar-refractivity contribution is 5.94. The second kappa shape index (κ2) is 8.29. The van der Waals surface area contributed by atoms with Crippen molar-refractivity contribution < 1.29 is 19.1 Å². The Morgan fingerprint density at radius 1 is 1.24 bits per heavy atom. The number of likely N-dealkylation sites (tertiary alicyclic amines) is 1. The van der Waals surface area contributed by atoms with Gasteiger partial charge in [0, 0.05) is 31.3 Å². The van der Waals surface area contributed by atoms with E-state index in [2.05, 4.69) is 4.98 Å². The lowest BCUT2D eigenvalue weighted by Gasteiger charge is -2.30. The number of pyridine rings is 1. The van der Waals surface area contributed by atoms with Crippen molar-refractivity contribution in [3.8, 4) is 5.88 Å². The molecule has 2 rings (SSSR count). The monoisotopic (exact) mass is 349 g/mol. The zero-order chi connectivity index (χ0) is 18.4. The average Bonchev–Trinajstić information content (AvgIpc) is 2.58.